The maximum absolute atomic E-state index is 11.6. The summed E-state index contributed by atoms with van der Waals surface area (Å²) in [6.07, 6.45) is 4.39. The van der Waals surface area contributed by atoms with Gasteiger partial charge in [0.1, 0.15) is 0 Å². The van der Waals surface area contributed by atoms with Gasteiger partial charge < -0.3 is 15.7 Å². The first kappa shape index (κ1) is 15.0. The molecule has 5 heteroatoms. The molecule has 2 amide bonds. The lowest BCUT2D eigenvalue weighted by Gasteiger charge is -2.08. The van der Waals surface area contributed by atoms with Crippen LogP contribution in [-0.2, 0) is 0 Å². The fourth-order valence-corrected chi connectivity index (χ4v) is 1.66. The smallest absolute Gasteiger partial charge is 0.335 e. The Morgan fingerprint density at radius 1 is 1.21 bits per heavy atom. The predicted molar refractivity (Wildman–Crippen MR) is 74.6 cm³/mol. The zero-order valence-electron chi connectivity index (χ0n) is 11.1. The number of carboxylic acid groups (broad SMARTS) is 1. The normalized spacial score (nSPS) is 9.95. The maximum Gasteiger partial charge on any atom is 0.335 e. The number of aromatic carboxylic acids is 1. The van der Waals surface area contributed by atoms with Crippen LogP contribution < -0.4 is 10.6 Å². The summed E-state index contributed by atoms with van der Waals surface area (Å²) in [4.78, 5) is 22.3. The standard InChI is InChI=1S/C14H20N2O3/c1-2-3-4-5-9-15-14(19)16-12-8-6-7-11(10-12)13(17)18/h6-8,10H,2-5,9H2,1H3,(H,17,18)(H2,15,16,19). The summed E-state index contributed by atoms with van der Waals surface area (Å²) in [6, 6.07) is 5.86. The topological polar surface area (TPSA) is 78.4 Å². The van der Waals surface area contributed by atoms with E-state index in [1.807, 2.05) is 0 Å². The van der Waals surface area contributed by atoms with Crippen molar-refractivity contribution < 1.29 is 14.7 Å². The minimum absolute atomic E-state index is 0.153. The van der Waals surface area contributed by atoms with E-state index >= 15 is 0 Å². The van der Waals surface area contributed by atoms with Crippen LogP contribution in [0.4, 0.5) is 10.5 Å². The Morgan fingerprint density at radius 2 is 2.00 bits per heavy atom. The highest BCUT2D eigenvalue weighted by molar-refractivity contribution is 5.93. The molecule has 1 aromatic carbocycles. The first-order chi connectivity index (χ1) is 9.13. The summed E-state index contributed by atoms with van der Waals surface area (Å²) in [5, 5.41) is 14.2. The largest absolute Gasteiger partial charge is 0.478 e. The zero-order valence-corrected chi connectivity index (χ0v) is 11.1. The second kappa shape index (κ2) is 8.13. The third-order valence-electron chi connectivity index (χ3n) is 2.68. The van der Waals surface area contributed by atoms with Gasteiger partial charge in [-0.05, 0) is 24.6 Å². The van der Waals surface area contributed by atoms with Crippen molar-refractivity contribution in [3.05, 3.63) is 29.8 Å². The van der Waals surface area contributed by atoms with Crippen molar-refractivity contribution in [2.75, 3.05) is 11.9 Å². The van der Waals surface area contributed by atoms with Gasteiger partial charge in [0.25, 0.3) is 0 Å². The summed E-state index contributed by atoms with van der Waals surface area (Å²) >= 11 is 0. The number of hydrogen-bond acceptors (Lipinski definition) is 2. The van der Waals surface area contributed by atoms with E-state index < -0.39 is 5.97 Å². The zero-order chi connectivity index (χ0) is 14.1. The number of unbranched alkanes of at least 4 members (excludes halogenated alkanes) is 3. The predicted octanol–water partition coefficient (Wildman–Crippen LogP) is 3.09. The van der Waals surface area contributed by atoms with Crippen molar-refractivity contribution in [2.24, 2.45) is 0 Å². The fraction of sp³-hybridized carbons (Fsp3) is 0.429. The number of rotatable bonds is 7. The molecule has 0 heterocycles. The van der Waals surface area contributed by atoms with E-state index in [0.717, 1.165) is 19.3 Å². The molecule has 0 saturated heterocycles. The van der Waals surface area contributed by atoms with Gasteiger partial charge in [-0.1, -0.05) is 32.3 Å². The molecule has 104 valence electrons. The number of carboxylic acids is 1. The number of hydrogen-bond donors (Lipinski definition) is 3. The second-order valence-electron chi connectivity index (χ2n) is 4.33. The van der Waals surface area contributed by atoms with Gasteiger partial charge in [-0.3, -0.25) is 0 Å². The maximum atomic E-state index is 11.6. The molecule has 0 bridgehead atoms. The van der Waals surface area contributed by atoms with Gasteiger partial charge in [-0.2, -0.15) is 0 Å². The van der Waals surface area contributed by atoms with Crippen LogP contribution in [0.25, 0.3) is 0 Å². The van der Waals surface area contributed by atoms with Crippen LogP contribution in [0.15, 0.2) is 24.3 Å². The minimum atomic E-state index is -1.01. The van der Waals surface area contributed by atoms with Crippen LogP contribution in [0, 0.1) is 0 Å². The number of urea groups is 1. The number of carbonyl (C=O) groups excluding carboxylic acids is 1. The van der Waals surface area contributed by atoms with E-state index in [0.29, 0.717) is 12.2 Å². The molecule has 0 unspecified atom stereocenters. The molecule has 19 heavy (non-hydrogen) atoms. The second-order valence-corrected chi connectivity index (χ2v) is 4.33. The lowest BCUT2D eigenvalue weighted by Crippen LogP contribution is -2.29. The summed E-state index contributed by atoms with van der Waals surface area (Å²) in [5.74, 6) is -1.01. The fourth-order valence-electron chi connectivity index (χ4n) is 1.66. The lowest BCUT2D eigenvalue weighted by atomic mass is 10.2. The van der Waals surface area contributed by atoms with Gasteiger partial charge in [-0.25, -0.2) is 9.59 Å². The Balaban J connectivity index is 2.35. The van der Waals surface area contributed by atoms with Gasteiger partial charge in [0.05, 0.1) is 5.56 Å². The van der Waals surface area contributed by atoms with Crippen LogP contribution in [0.5, 0.6) is 0 Å². The molecule has 0 aromatic heterocycles. The Hall–Kier alpha value is -2.04. The molecule has 0 spiro atoms. The summed E-state index contributed by atoms with van der Waals surface area (Å²) < 4.78 is 0. The average Bonchev–Trinajstić information content (AvgIpc) is 2.38. The SMILES string of the molecule is CCCCCCNC(=O)Nc1cccc(C(=O)O)c1. The quantitative estimate of drug-likeness (QED) is 0.662. The number of nitrogens with one attached hydrogen (secondary N) is 2. The van der Waals surface area contributed by atoms with Crippen molar-refractivity contribution in [3.63, 3.8) is 0 Å². The van der Waals surface area contributed by atoms with Crippen molar-refractivity contribution in [2.45, 2.75) is 32.6 Å². The average molecular weight is 264 g/mol. The number of carbonyl (C=O) groups is 2. The van der Waals surface area contributed by atoms with E-state index in [9.17, 15) is 9.59 Å². The van der Waals surface area contributed by atoms with Gasteiger partial charge in [0.15, 0.2) is 0 Å². The molecular formula is C14H20N2O3. The van der Waals surface area contributed by atoms with Crippen LogP contribution in [0.1, 0.15) is 43.0 Å². The Kier molecular flexibility index (Phi) is 6.43. The highest BCUT2D eigenvalue weighted by atomic mass is 16.4. The molecule has 0 fully saturated rings. The first-order valence-corrected chi connectivity index (χ1v) is 6.51. The lowest BCUT2D eigenvalue weighted by molar-refractivity contribution is 0.0697. The number of amides is 2. The summed E-state index contributed by atoms with van der Waals surface area (Å²) in [5.41, 5.74) is 0.631. The van der Waals surface area contributed by atoms with Crippen molar-refractivity contribution in [3.8, 4) is 0 Å². The van der Waals surface area contributed by atoms with Crippen molar-refractivity contribution in [1.29, 1.82) is 0 Å². The van der Waals surface area contributed by atoms with Crippen LogP contribution in [0.2, 0.25) is 0 Å². The molecule has 0 aliphatic heterocycles. The third-order valence-corrected chi connectivity index (χ3v) is 2.68. The van der Waals surface area contributed by atoms with Crippen molar-refractivity contribution >= 4 is 17.7 Å². The van der Waals surface area contributed by atoms with Crippen molar-refractivity contribution in [1.82, 2.24) is 5.32 Å². The van der Waals surface area contributed by atoms with Crippen LogP contribution in [0.3, 0.4) is 0 Å². The van der Waals surface area contributed by atoms with E-state index in [1.165, 1.54) is 18.6 Å². The molecule has 5 nitrogen and oxygen atoms in total. The Morgan fingerprint density at radius 3 is 2.68 bits per heavy atom. The molecule has 0 aliphatic rings. The number of benzene rings is 1. The van der Waals surface area contributed by atoms with Gasteiger partial charge in [-0.15, -0.1) is 0 Å². The molecule has 1 rings (SSSR count). The molecule has 0 atom stereocenters. The minimum Gasteiger partial charge on any atom is -0.478 e. The van der Waals surface area contributed by atoms with E-state index in [2.05, 4.69) is 17.6 Å². The summed E-state index contributed by atoms with van der Waals surface area (Å²) in [6.45, 7) is 2.76. The highest BCUT2D eigenvalue weighted by Gasteiger charge is 2.05. The van der Waals surface area contributed by atoms with Crippen LogP contribution in [-0.4, -0.2) is 23.7 Å². The van der Waals surface area contributed by atoms with E-state index in [-0.39, 0.29) is 11.6 Å². The Bertz CT molecular complexity index is 432. The molecule has 0 aliphatic carbocycles. The molecule has 1 aromatic rings. The van der Waals surface area contributed by atoms with Gasteiger partial charge in [0.2, 0.25) is 0 Å². The molecular weight excluding hydrogens is 244 g/mol. The molecule has 3 N–H and O–H groups in total. The first-order valence-electron chi connectivity index (χ1n) is 6.51. The Labute approximate surface area is 113 Å². The van der Waals surface area contributed by atoms with E-state index in [1.54, 1.807) is 12.1 Å². The van der Waals surface area contributed by atoms with Crippen LogP contribution >= 0.6 is 0 Å². The monoisotopic (exact) mass is 264 g/mol. The van der Waals surface area contributed by atoms with Gasteiger partial charge in [0, 0.05) is 12.2 Å². The third kappa shape index (κ3) is 5.90. The van der Waals surface area contributed by atoms with Gasteiger partial charge >= 0.3 is 12.0 Å². The number of anilines is 1. The molecule has 0 radical (unpaired) electrons. The van der Waals surface area contributed by atoms with E-state index in [4.69, 9.17) is 5.11 Å². The summed E-state index contributed by atoms with van der Waals surface area (Å²) in [7, 11) is 0. The molecule has 0 saturated carbocycles. The highest BCUT2D eigenvalue weighted by Crippen LogP contribution is 2.10.